The van der Waals surface area contributed by atoms with Gasteiger partial charge in [-0.15, -0.1) is 11.3 Å². The van der Waals surface area contributed by atoms with E-state index in [-0.39, 0.29) is 11.9 Å². The number of rotatable bonds is 5. The second kappa shape index (κ2) is 6.88. The molecule has 0 saturated heterocycles. The van der Waals surface area contributed by atoms with E-state index in [4.69, 9.17) is 11.6 Å². The molecular formula is C15H17ClN2OS. The van der Waals surface area contributed by atoms with Crippen molar-refractivity contribution in [3.8, 4) is 0 Å². The van der Waals surface area contributed by atoms with E-state index in [0.717, 1.165) is 14.9 Å². The van der Waals surface area contributed by atoms with E-state index in [1.165, 1.54) is 0 Å². The standard InChI is InChI=1S/C15H17ClN2OS/c1-11(15(19)17-12-6-4-3-5-7-12)18(2)10-13-8-9-14(16)20-13/h3-9,11H,10H2,1-2H3,(H,17,19)/t11-/m1/s1. The number of likely N-dealkylation sites (N-methyl/N-ethyl adjacent to an activating group) is 1. The number of para-hydroxylation sites is 1. The number of carbonyl (C=O) groups excluding carboxylic acids is 1. The van der Waals surface area contributed by atoms with Crippen LogP contribution in [0.2, 0.25) is 4.34 Å². The average molecular weight is 309 g/mol. The highest BCUT2D eigenvalue weighted by atomic mass is 35.5. The molecule has 1 heterocycles. The van der Waals surface area contributed by atoms with Gasteiger partial charge in [0.1, 0.15) is 0 Å². The van der Waals surface area contributed by atoms with Crippen LogP contribution in [0.15, 0.2) is 42.5 Å². The van der Waals surface area contributed by atoms with Crippen LogP contribution in [-0.4, -0.2) is 23.9 Å². The van der Waals surface area contributed by atoms with Crippen molar-refractivity contribution < 1.29 is 4.79 Å². The third-order valence-corrected chi connectivity index (χ3v) is 4.33. The molecule has 0 saturated carbocycles. The zero-order valence-electron chi connectivity index (χ0n) is 11.5. The van der Waals surface area contributed by atoms with E-state index in [1.54, 1.807) is 11.3 Å². The number of carbonyl (C=O) groups is 1. The Morgan fingerprint density at radius 3 is 2.60 bits per heavy atom. The van der Waals surface area contributed by atoms with Gasteiger partial charge in [0, 0.05) is 17.1 Å². The quantitative estimate of drug-likeness (QED) is 0.909. The highest BCUT2D eigenvalue weighted by Crippen LogP contribution is 2.23. The first-order valence-electron chi connectivity index (χ1n) is 6.36. The van der Waals surface area contributed by atoms with Crippen LogP contribution in [0, 0.1) is 0 Å². The lowest BCUT2D eigenvalue weighted by atomic mass is 10.2. The highest BCUT2D eigenvalue weighted by molar-refractivity contribution is 7.16. The van der Waals surface area contributed by atoms with Crippen LogP contribution >= 0.6 is 22.9 Å². The Balaban J connectivity index is 1.92. The van der Waals surface area contributed by atoms with Gasteiger partial charge in [0.05, 0.1) is 10.4 Å². The third-order valence-electron chi connectivity index (χ3n) is 3.12. The first kappa shape index (κ1) is 15.0. The van der Waals surface area contributed by atoms with Crippen LogP contribution in [-0.2, 0) is 11.3 Å². The van der Waals surface area contributed by atoms with Crippen molar-refractivity contribution in [2.45, 2.75) is 19.5 Å². The summed E-state index contributed by atoms with van der Waals surface area (Å²) >= 11 is 7.46. The van der Waals surface area contributed by atoms with Gasteiger partial charge >= 0.3 is 0 Å². The van der Waals surface area contributed by atoms with Crippen molar-refractivity contribution in [1.29, 1.82) is 0 Å². The number of nitrogens with zero attached hydrogens (tertiary/aromatic N) is 1. The number of nitrogens with one attached hydrogen (secondary N) is 1. The predicted molar refractivity (Wildman–Crippen MR) is 85.3 cm³/mol. The molecule has 1 atom stereocenters. The van der Waals surface area contributed by atoms with Crippen LogP contribution in [0.5, 0.6) is 0 Å². The van der Waals surface area contributed by atoms with Crippen LogP contribution < -0.4 is 5.32 Å². The Labute approximate surface area is 128 Å². The largest absolute Gasteiger partial charge is 0.325 e. The number of anilines is 1. The van der Waals surface area contributed by atoms with Gasteiger partial charge in [0.2, 0.25) is 5.91 Å². The minimum atomic E-state index is -0.212. The molecule has 0 spiro atoms. The molecule has 0 fully saturated rings. The summed E-state index contributed by atoms with van der Waals surface area (Å²) in [5.41, 5.74) is 0.817. The fourth-order valence-electron chi connectivity index (χ4n) is 1.79. The molecule has 20 heavy (non-hydrogen) atoms. The molecule has 0 bridgehead atoms. The molecule has 0 radical (unpaired) electrons. The fourth-order valence-corrected chi connectivity index (χ4v) is 2.94. The lowest BCUT2D eigenvalue weighted by Crippen LogP contribution is -2.39. The minimum Gasteiger partial charge on any atom is -0.325 e. The van der Waals surface area contributed by atoms with Crippen molar-refractivity contribution in [2.24, 2.45) is 0 Å². The lowest BCUT2D eigenvalue weighted by molar-refractivity contribution is -0.120. The van der Waals surface area contributed by atoms with Gasteiger partial charge in [-0.05, 0) is 38.2 Å². The summed E-state index contributed by atoms with van der Waals surface area (Å²) in [7, 11) is 1.93. The molecule has 1 amide bonds. The normalized spacial score (nSPS) is 12.4. The van der Waals surface area contributed by atoms with Crippen molar-refractivity contribution in [3.63, 3.8) is 0 Å². The Bertz CT molecular complexity index is 570. The summed E-state index contributed by atoms with van der Waals surface area (Å²) in [4.78, 5) is 15.3. The number of hydrogen-bond donors (Lipinski definition) is 1. The van der Waals surface area contributed by atoms with E-state index in [9.17, 15) is 4.79 Å². The Morgan fingerprint density at radius 2 is 2.00 bits per heavy atom. The van der Waals surface area contributed by atoms with E-state index >= 15 is 0 Å². The summed E-state index contributed by atoms with van der Waals surface area (Å²) in [5, 5.41) is 2.91. The van der Waals surface area contributed by atoms with Crippen molar-refractivity contribution in [2.75, 3.05) is 12.4 Å². The lowest BCUT2D eigenvalue weighted by Gasteiger charge is -2.23. The van der Waals surface area contributed by atoms with Crippen LogP contribution in [0.4, 0.5) is 5.69 Å². The minimum absolute atomic E-state index is 0.0126. The number of thiophene rings is 1. The summed E-state index contributed by atoms with van der Waals surface area (Å²) in [6.07, 6.45) is 0. The Hall–Kier alpha value is -1.36. The average Bonchev–Trinajstić information content (AvgIpc) is 2.84. The first-order chi connectivity index (χ1) is 9.56. The maximum atomic E-state index is 12.2. The molecule has 3 nitrogen and oxygen atoms in total. The van der Waals surface area contributed by atoms with E-state index < -0.39 is 0 Å². The molecule has 0 aliphatic rings. The maximum absolute atomic E-state index is 12.2. The SMILES string of the molecule is C[C@H](C(=O)Nc1ccccc1)N(C)Cc1ccc(Cl)s1. The second-order valence-electron chi connectivity index (χ2n) is 4.65. The van der Waals surface area contributed by atoms with Gasteiger partial charge in [-0.3, -0.25) is 9.69 Å². The summed E-state index contributed by atoms with van der Waals surface area (Å²) in [6.45, 7) is 2.61. The monoisotopic (exact) mass is 308 g/mol. The van der Waals surface area contributed by atoms with Gasteiger partial charge in [-0.2, -0.15) is 0 Å². The van der Waals surface area contributed by atoms with Crippen molar-refractivity contribution in [1.82, 2.24) is 4.90 Å². The molecule has 5 heteroatoms. The second-order valence-corrected chi connectivity index (χ2v) is 6.45. The van der Waals surface area contributed by atoms with Gasteiger partial charge in [0.25, 0.3) is 0 Å². The molecule has 106 valence electrons. The number of hydrogen-bond acceptors (Lipinski definition) is 3. The number of amides is 1. The van der Waals surface area contributed by atoms with Gasteiger partial charge in [-0.1, -0.05) is 29.8 Å². The molecule has 0 unspecified atom stereocenters. The first-order valence-corrected chi connectivity index (χ1v) is 7.56. The van der Waals surface area contributed by atoms with Gasteiger partial charge in [0.15, 0.2) is 0 Å². The van der Waals surface area contributed by atoms with Gasteiger partial charge < -0.3 is 5.32 Å². The molecule has 0 aliphatic carbocycles. The van der Waals surface area contributed by atoms with E-state index in [1.807, 2.05) is 61.3 Å². The van der Waals surface area contributed by atoms with Crippen molar-refractivity contribution >= 4 is 34.5 Å². The zero-order valence-corrected chi connectivity index (χ0v) is 13.0. The van der Waals surface area contributed by atoms with Crippen LogP contribution in [0.3, 0.4) is 0 Å². The van der Waals surface area contributed by atoms with E-state index in [2.05, 4.69) is 5.32 Å². The molecule has 2 aromatic rings. The zero-order chi connectivity index (χ0) is 14.5. The Morgan fingerprint density at radius 1 is 1.30 bits per heavy atom. The molecule has 2 rings (SSSR count). The molecular weight excluding hydrogens is 292 g/mol. The number of halogens is 1. The summed E-state index contributed by atoms with van der Waals surface area (Å²) < 4.78 is 0.773. The predicted octanol–water partition coefficient (Wildman–Crippen LogP) is 3.86. The third kappa shape index (κ3) is 4.07. The summed E-state index contributed by atoms with van der Waals surface area (Å²) in [5.74, 6) is -0.0126. The van der Waals surface area contributed by atoms with Crippen LogP contribution in [0.25, 0.3) is 0 Å². The fraction of sp³-hybridized carbons (Fsp3) is 0.267. The molecule has 1 aromatic heterocycles. The highest BCUT2D eigenvalue weighted by Gasteiger charge is 2.18. The maximum Gasteiger partial charge on any atom is 0.241 e. The van der Waals surface area contributed by atoms with E-state index in [0.29, 0.717) is 6.54 Å². The topological polar surface area (TPSA) is 32.3 Å². The van der Waals surface area contributed by atoms with Crippen LogP contribution in [0.1, 0.15) is 11.8 Å². The van der Waals surface area contributed by atoms with Gasteiger partial charge in [-0.25, -0.2) is 0 Å². The molecule has 1 N–H and O–H groups in total. The molecule has 1 aromatic carbocycles. The number of benzene rings is 1. The Kier molecular flexibility index (Phi) is 5.17. The smallest absolute Gasteiger partial charge is 0.241 e. The van der Waals surface area contributed by atoms with Crippen molar-refractivity contribution in [3.05, 3.63) is 51.7 Å². The molecule has 0 aliphatic heterocycles. The summed E-state index contributed by atoms with van der Waals surface area (Å²) in [6, 6.07) is 13.1.